The summed E-state index contributed by atoms with van der Waals surface area (Å²) in [6.45, 7) is 13.3. The Hall–Kier alpha value is -3.55. The minimum Gasteiger partial charge on any atom is -0.494 e. The first-order valence-electron chi connectivity index (χ1n) is 13.0. The Morgan fingerprint density at radius 2 is 1.82 bits per heavy atom. The van der Waals surface area contributed by atoms with E-state index in [1.54, 1.807) is 23.1 Å². The molecular formula is C30H39FN2O5. The van der Waals surface area contributed by atoms with Gasteiger partial charge in [0.25, 0.3) is 0 Å². The number of allylic oxidation sites excluding steroid dienone is 1. The molecule has 206 valence electrons. The molecule has 1 aliphatic rings. The summed E-state index contributed by atoms with van der Waals surface area (Å²) >= 11 is 0. The molecule has 2 aromatic carbocycles. The fourth-order valence-corrected chi connectivity index (χ4v) is 4.46. The molecular weight excluding hydrogens is 487 g/mol. The van der Waals surface area contributed by atoms with Crippen molar-refractivity contribution in [2.45, 2.75) is 59.6 Å². The zero-order chi connectivity index (χ0) is 28.0. The molecule has 2 aromatic rings. The second-order valence-corrected chi connectivity index (χ2v) is 10.4. The molecule has 0 N–H and O–H groups in total. The number of benzene rings is 2. The minimum atomic E-state index is -0.657. The predicted octanol–water partition coefficient (Wildman–Crippen LogP) is 5.95. The minimum absolute atomic E-state index is 0.104. The van der Waals surface area contributed by atoms with Crippen molar-refractivity contribution >= 4 is 23.6 Å². The fraction of sp³-hybridized carbons (Fsp3) is 0.467. The van der Waals surface area contributed by atoms with Crippen LogP contribution in [0.5, 0.6) is 11.5 Å². The molecule has 1 amide bonds. The number of methoxy groups -OCH3 is 1. The number of hydrogen-bond donors (Lipinski definition) is 0. The number of halogens is 1. The number of hydrogen-bond acceptors (Lipinski definition) is 6. The Bertz CT molecular complexity index is 1190. The maximum atomic E-state index is 14.0. The van der Waals surface area contributed by atoms with Crippen LogP contribution >= 0.6 is 0 Å². The number of rotatable bonds is 8. The van der Waals surface area contributed by atoms with E-state index in [1.807, 2.05) is 64.7 Å². The molecule has 0 saturated carbocycles. The van der Waals surface area contributed by atoms with E-state index in [9.17, 15) is 14.0 Å². The Kier molecular flexibility index (Phi) is 9.41. The zero-order valence-corrected chi connectivity index (χ0v) is 23.5. The third-order valence-corrected chi connectivity index (χ3v) is 6.58. The highest BCUT2D eigenvalue weighted by molar-refractivity contribution is 5.94. The van der Waals surface area contributed by atoms with Gasteiger partial charge in [-0.2, -0.15) is 0 Å². The van der Waals surface area contributed by atoms with Gasteiger partial charge < -0.3 is 24.0 Å². The second kappa shape index (κ2) is 12.3. The van der Waals surface area contributed by atoms with Gasteiger partial charge in [-0.05, 0) is 82.5 Å². The van der Waals surface area contributed by atoms with Crippen molar-refractivity contribution in [1.82, 2.24) is 4.90 Å². The van der Waals surface area contributed by atoms with Gasteiger partial charge in [0.1, 0.15) is 11.4 Å². The van der Waals surface area contributed by atoms with Crippen molar-refractivity contribution in [3.8, 4) is 11.5 Å². The smallest absolute Gasteiger partial charge is 0.410 e. The van der Waals surface area contributed by atoms with E-state index in [-0.39, 0.29) is 18.0 Å². The standard InChI is InChI=1S/C30H39FN2O5/c1-8-37-27-14-10-22(20(2)21(27)3)9-12-25(34)17-24-19-32(23-11-13-26(31)28(18-23)36-7)15-16-33(24)29(35)38-30(4,5)6/h9-14,18,24H,8,15-17,19H2,1-7H3/b12-9+. The van der Waals surface area contributed by atoms with Gasteiger partial charge >= 0.3 is 6.09 Å². The quantitative estimate of drug-likeness (QED) is 0.396. The number of carbonyl (C=O) groups is 2. The SMILES string of the molecule is CCOc1ccc(/C=C/C(=O)CC2CN(c3ccc(F)c(OC)c3)CCN2C(=O)OC(C)(C)C)c(C)c1C. The highest BCUT2D eigenvalue weighted by atomic mass is 19.1. The van der Waals surface area contributed by atoms with Crippen LogP contribution in [0.2, 0.25) is 0 Å². The van der Waals surface area contributed by atoms with E-state index in [4.69, 9.17) is 14.2 Å². The Labute approximate surface area is 225 Å². The third kappa shape index (κ3) is 7.27. The third-order valence-electron chi connectivity index (χ3n) is 6.58. The van der Waals surface area contributed by atoms with Crippen LogP contribution in [-0.2, 0) is 9.53 Å². The van der Waals surface area contributed by atoms with Crippen molar-refractivity contribution in [2.24, 2.45) is 0 Å². The number of anilines is 1. The molecule has 1 fully saturated rings. The lowest BCUT2D eigenvalue weighted by molar-refractivity contribution is -0.115. The van der Waals surface area contributed by atoms with Crippen molar-refractivity contribution in [3.63, 3.8) is 0 Å². The summed E-state index contributed by atoms with van der Waals surface area (Å²) in [7, 11) is 1.42. The number of piperazine rings is 1. The Morgan fingerprint density at radius 1 is 1.08 bits per heavy atom. The summed E-state index contributed by atoms with van der Waals surface area (Å²) in [6.07, 6.45) is 3.05. The first kappa shape index (κ1) is 29.0. The Morgan fingerprint density at radius 3 is 2.47 bits per heavy atom. The molecule has 0 spiro atoms. The summed E-state index contributed by atoms with van der Waals surface area (Å²) in [5, 5.41) is 0. The van der Waals surface area contributed by atoms with E-state index < -0.39 is 23.6 Å². The normalized spacial score (nSPS) is 16.1. The molecule has 0 aromatic heterocycles. The highest BCUT2D eigenvalue weighted by Gasteiger charge is 2.34. The molecule has 3 rings (SSSR count). The van der Waals surface area contributed by atoms with Crippen LogP contribution in [0.25, 0.3) is 6.08 Å². The van der Waals surface area contributed by atoms with Gasteiger partial charge in [-0.1, -0.05) is 12.1 Å². The van der Waals surface area contributed by atoms with Crippen LogP contribution in [0, 0.1) is 19.7 Å². The molecule has 1 saturated heterocycles. The molecule has 0 aliphatic carbocycles. The van der Waals surface area contributed by atoms with Crippen LogP contribution < -0.4 is 14.4 Å². The monoisotopic (exact) mass is 526 g/mol. The highest BCUT2D eigenvalue weighted by Crippen LogP contribution is 2.28. The lowest BCUT2D eigenvalue weighted by Gasteiger charge is -2.42. The summed E-state index contributed by atoms with van der Waals surface area (Å²) in [5.41, 5.74) is 3.13. The van der Waals surface area contributed by atoms with Gasteiger partial charge in [0.15, 0.2) is 17.3 Å². The van der Waals surface area contributed by atoms with Gasteiger partial charge in [0.05, 0.1) is 19.8 Å². The largest absolute Gasteiger partial charge is 0.494 e. The lowest BCUT2D eigenvalue weighted by atomic mass is 10.0. The summed E-state index contributed by atoms with van der Waals surface area (Å²) in [4.78, 5) is 29.8. The molecule has 1 heterocycles. The molecule has 7 nitrogen and oxygen atoms in total. The van der Waals surface area contributed by atoms with Crippen molar-refractivity contribution in [3.05, 3.63) is 58.9 Å². The first-order valence-corrected chi connectivity index (χ1v) is 13.0. The maximum Gasteiger partial charge on any atom is 0.410 e. The fourth-order valence-electron chi connectivity index (χ4n) is 4.46. The van der Waals surface area contributed by atoms with E-state index in [1.165, 1.54) is 13.2 Å². The Balaban J connectivity index is 1.81. The van der Waals surface area contributed by atoms with E-state index in [0.29, 0.717) is 26.2 Å². The second-order valence-electron chi connectivity index (χ2n) is 10.4. The topological polar surface area (TPSA) is 68.3 Å². The van der Waals surface area contributed by atoms with Gasteiger partial charge in [-0.3, -0.25) is 4.79 Å². The van der Waals surface area contributed by atoms with Gasteiger partial charge in [-0.15, -0.1) is 0 Å². The molecule has 0 radical (unpaired) electrons. The summed E-state index contributed by atoms with van der Waals surface area (Å²) in [6, 6.07) is 8.10. The van der Waals surface area contributed by atoms with Crippen molar-refractivity contribution in [1.29, 1.82) is 0 Å². The molecule has 1 unspecified atom stereocenters. The molecule has 1 aliphatic heterocycles. The number of amides is 1. The van der Waals surface area contributed by atoms with E-state index >= 15 is 0 Å². The van der Waals surface area contributed by atoms with E-state index in [0.717, 1.165) is 28.1 Å². The number of ether oxygens (including phenoxy) is 3. The maximum absolute atomic E-state index is 14.0. The summed E-state index contributed by atoms with van der Waals surface area (Å²) in [5.74, 6) is 0.434. The first-order chi connectivity index (χ1) is 17.9. The lowest BCUT2D eigenvalue weighted by Crippen LogP contribution is -2.56. The number of nitrogens with zero attached hydrogens (tertiary/aromatic N) is 2. The van der Waals surface area contributed by atoms with Crippen LogP contribution in [-0.4, -0.2) is 61.8 Å². The average Bonchev–Trinajstić information content (AvgIpc) is 2.85. The number of carbonyl (C=O) groups excluding carboxylic acids is 2. The molecule has 8 heteroatoms. The predicted molar refractivity (Wildman–Crippen MR) is 148 cm³/mol. The average molecular weight is 527 g/mol. The molecule has 0 bridgehead atoms. The van der Waals surface area contributed by atoms with Crippen LogP contribution in [0.15, 0.2) is 36.4 Å². The van der Waals surface area contributed by atoms with Crippen molar-refractivity contribution in [2.75, 3.05) is 38.3 Å². The summed E-state index contributed by atoms with van der Waals surface area (Å²) < 4.78 is 30.4. The van der Waals surface area contributed by atoms with Gasteiger partial charge in [-0.25, -0.2) is 9.18 Å². The van der Waals surface area contributed by atoms with Crippen LogP contribution in [0.3, 0.4) is 0 Å². The van der Waals surface area contributed by atoms with Crippen LogP contribution in [0.1, 0.15) is 50.8 Å². The van der Waals surface area contributed by atoms with Crippen LogP contribution in [0.4, 0.5) is 14.9 Å². The van der Waals surface area contributed by atoms with E-state index in [2.05, 4.69) is 0 Å². The zero-order valence-electron chi connectivity index (χ0n) is 23.5. The molecule has 38 heavy (non-hydrogen) atoms. The van der Waals surface area contributed by atoms with Crippen molar-refractivity contribution < 1.29 is 28.2 Å². The van der Waals surface area contributed by atoms with Gasteiger partial charge in [0, 0.05) is 37.8 Å². The molecule has 1 atom stereocenters. The number of ketones is 1. The van der Waals surface area contributed by atoms with Gasteiger partial charge in [0.2, 0.25) is 0 Å².